The highest BCUT2D eigenvalue weighted by Crippen LogP contribution is 2.24. The standard InChI is InChI=1S/C20H30N2O4/c1-5-15(22-19(24)26-20(2,3)4)18(23)21-16-12-9-13-17(16)25-14-10-7-6-8-11-14/h6-8,10-11,15-17H,5,9,12-13H2,1-4H3,(H,21,23)(H,22,24)/t15-,16-,17-/m1/s1. The van der Waals surface area contributed by atoms with Gasteiger partial charge in [0.1, 0.15) is 23.5 Å². The highest BCUT2D eigenvalue weighted by atomic mass is 16.6. The Morgan fingerprint density at radius 1 is 1.19 bits per heavy atom. The minimum Gasteiger partial charge on any atom is -0.488 e. The van der Waals surface area contributed by atoms with Crippen LogP contribution in [-0.2, 0) is 9.53 Å². The third-order valence-corrected chi connectivity index (χ3v) is 4.23. The Morgan fingerprint density at radius 2 is 1.88 bits per heavy atom. The molecule has 0 radical (unpaired) electrons. The third kappa shape index (κ3) is 6.24. The predicted molar refractivity (Wildman–Crippen MR) is 100 cm³/mol. The molecule has 0 saturated heterocycles. The average molecular weight is 362 g/mol. The quantitative estimate of drug-likeness (QED) is 0.813. The van der Waals surface area contributed by atoms with E-state index in [0.29, 0.717) is 6.42 Å². The smallest absolute Gasteiger partial charge is 0.408 e. The number of alkyl carbamates (subject to hydrolysis) is 1. The van der Waals surface area contributed by atoms with Crippen LogP contribution in [0.5, 0.6) is 5.75 Å². The number of hydrogen-bond acceptors (Lipinski definition) is 4. The molecule has 0 aliphatic heterocycles. The van der Waals surface area contributed by atoms with Gasteiger partial charge in [-0.3, -0.25) is 4.79 Å². The summed E-state index contributed by atoms with van der Waals surface area (Å²) >= 11 is 0. The molecule has 2 rings (SSSR count). The number of benzene rings is 1. The lowest BCUT2D eigenvalue weighted by molar-refractivity contribution is -0.124. The van der Waals surface area contributed by atoms with Gasteiger partial charge in [0.25, 0.3) is 0 Å². The van der Waals surface area contributed by atoms with E-state index in [2.05, 4.69) is 10.6 Å². The highest BCUT2D eigenvalue weighted by molar-refractivity contribution is 5.85. The van der Waals surface area contributed by atoms with E-state index in [1.807, 2.05) is 37.3 Å². The van der Waals surface area contributed by atoms with Crippen LogP contribution in [0, 0.1) is 0 Å². The van der Waals surface area contributed by atoms with Crippen molar-refractivity contribution in [3.8, 4) is 5.75 Å². The fourth-order valence-electron chi connectivity index (χ4n) is 2.99. The summed E-state index contributed by atoms with van der Waals surface area (Å²) in [4.78, 5) is 24.5. The molecule has 1 aliphatic rings. The molecule has 26 heavy (non-hydrogen) atoms. The minimum absolute atomic E-state index is 0.0552. The van der Waals surface area contributed by atoms with Crippen molar-refractivity contribution in [1.82, 2.24) is 10.6 Å². The monoisotopic (exact) mass is 362 g/mol. The summed E-state index contributed by atoms with van der Waals surface area (Å²) in [6.45, 7) is 7.22. The molecule has 1 saturated carbocycles. The van der Waals surface area contributed by atoms with E-state index in [1.165, 1.54) is 0 Å². The fraction of sp³-hybridized carbons (Fsp3) is 0.600. The topological polar surface area (TPSA) is 76.7 Å². The minimum atomic E-state index is -0.622. The summed E-state index contributed by atoms with van der Waals surface area (Å²) in [5.41, 5.74) is -0.598. The van der Waals surface area contributed by atoms with E-state index in [0.717, 1.165) is 25.0 Å². The summed E-state index contributed by atoms with van der Waals surface area (Å²) in [6, 6.07) is 8.94. The summed E-state index contributed by atoms with van der Waals surface area (Å²) in [7, 11) is 0. The number of amides is 2. The highest BCUT2D eigenvalue weighted by Gasteiger charge is 2.32. The Morgan fingerprint density at radius 3 is 2.50 bits per heavy atom. The molecule has 1 aliphatic carbocycles. The van der Waals surface area contributed by atoms with Gasteiger partial charge in [-0.25, -0.2) is 4.79 Å². The van der Waals surface area contributed by atoms with Crippen molar-refractivity contribution >= 4 is 12.0 Å². The van der Waals surface area contributed by atoms with E-state index >= 15 is 0 Å². The van der Waals surface area contributed by atoms with E-state index in [-0.39, 0.29) is 18.1 Å². The molecule has 0 unspecified atom stereocenters. The van der Waals surface area contributed by atoms with Gasteiger partial charge in [-0.05, 0) is 58.6 Å². The first-order valence-corrected chi connectivity index (χ1v) is 9.30. The van der Waals surface area contributed by atoms with Crippen LogP contribution in [0.3, 0.4) is 0 Å². The lowest BCUT2D eigenvalue weighted by atomic mass is 10.1. The molecular formula is C20H30N2O4. The maximum absolute atomic E-state index is 12.6. The fourth-order valence-corrected chi connectivity index (χ4v) is 2.99. The van der Waals surface area contributed by atoms with Crippen molar-refractivity contribution in [3.63, 3.8) is 0 Å². The van der Waals surface area contributed by atoms with Crippen LogP contribution in [0.2, 0.25) is 0 Å². The SMILES string of the molecule is CC[C@@H](NC(=O)OC(C)(C)C)C(=O)N[C@@H]1CCC[C@H]1Oc1ccccc1. The van der Waals surface area contributed by atoms with Crippen molar-refractivity contribution in [3.05, 3.63) is 30.3 Å². The zero-order chi connectivity index (χ0) is 19.2. The van der Waals surface area contributed by atoms with E-state index in [9.17, 15) is 9.59 Å². The van der Waals surface area contributed by atoms with E-state index in [1.54, 1.807) is 20.8 Å². The van der Waals surface area contributed by atoms with Gasteiger partial charge in [0.2, 0.25) is 5.91 Å². The van der Waals surface area contributed by atoms with E-state index in [4.69, 9.17) is 9.47 Å². The van der Waals surface area contributed by atoms with Crippen LogP contribution in [-0.4, -0.2) is 35.8 Å². The molecule has 1 aromatic carbocycles. The first kappa shape index (κ1) is 20.1. The van der Waals surface area contributed by atoms with E-state index < -0.39 is 17.7 Å². The van der Waals surface area contributed by atoms with Gasteiger partial charge in [-0.15, -0.1) is 0 Å². The van der Waals surface area contributed by atoms with Crippen molar-refractivity contribution in [2.75, 3.05) is 0 Å². The molecule has 2 amide bonds. The predicted octanol–water partition coefficient (Wildman–Crippen LogP) is 3.41. The molecule has 0 bridgehead atoms. The van der Waals surface area contributed by atoms with Crippen molar-refractivity contribution in [1.29, 1.82) is 0 Å². The van der Waals surface area contributed by atoms with Crippen molar-refractivity contribution in [2.24, 2.45) is 0 Å². The summed E-state index contributed by atoms with van der Waals surface area (Å²) in [5.74, 6) is 0.601. The molecule has 2 N–H and O–H groups in total. The normalized spacial score (nSPS) is 20.9. The van der Waals surface area contributed by atoms with Gasteiger partial charge in [-0.1, -0.05) is 25.1 Å². The summed E-state index contributed by atoms with van der Waals surface area (Å²) in [5, 5.41) is 5.68. The number of nitrogens with one attached hydrogen (secondary N) is 2. The van der Waals surface area contributed by atoms with Gasteiger partial charge < -0.3 is 20.1 Å². The van der Waals surface area contributed by atoms with Gasteiger partial charge >= 0.3 is 6.09 Å². The van der Waals surface area contributed by atoms with Gasteiger partial charge in [-0.2, -0.15) is 0 Å². The Balaban J connectivity index is 1.90. The Labute approximate surface area is 155 Å². The van der Waals surface area contributed by atoms with Crippen LogP contribution in [0.1, 0.15) is 53.4 Å². The van der Waals surface area contributed by atoms with Gasteiger partial charge in [0.15, 0.2) is 0 Å². The van der Waals surface area contributed by atoms with Crippen molar-refractivity contribution < 1.29 is 19.1 Å². The lowest BCUT2D eigenvalue weighted by Gasteiger charge is -2.26. The molecule has 144 valence electrons. The molecule has 0 spiro atoms. The molecule has 1 aromatic rings. The largest absolute Gasteiger partial charge is 0.488 e. The second-order valence-corrected chi connectivity index (χ2v) is 7.62. The Kier molecular flexibility index (Phi) is 6.89. The number of para-hydroxylation sites is 1. The second-order valence-electron chi connectivity index (χ2n) is 7.62. The molecule has 6 heteroatoms. The van der Waals surface area contributed by atoms with Crippen LogP contribution >= 0.6 is 0 Å². The lowest BCUT2D eigenvalue weighted by Crippen LogP contribution is -2.52. The Bertz CT molecular complexity index is 598. The summed E-state index contributed by atoms with van der Waals surface area (Å²) < 4.78 is 11.3. The molecule has 6 nitrogen and oxygen atoms in total. The Hall–Kier alpha value is -2.24. The number of rotatable bonds is 6. The van der Waals surface area contributed by atoms with Crippen LogP contribution in [0.4, 0.5) is 4.79 Å². The summed E-state index contributed by atoms with van der Waals surface area (Å²) in [6.07, 6.45) is 2.62. The number of carbonyl (C=O) groups is 2. The van der Waals surface area contributed by atoms with Crippen LogP contribution in [0.25, 0.3) is 0 Å². The van der Waals surface area contributed by atoms with Gasteiger partial charge in [0.05, 0.1) is 6.04 Å². The first-order valence-electron chi connectivity index (χ1n) is 9.30. The molecule has 3 atom stereocenters. The zero-order valence-corrected chi connectivity index (χ0v) is 16.1. The average Bonchev–Trinajstić information content (AvgIpc) is 2.98. The first-order chi connectivity index (χ1) is 12.3. The van der Waals surface area contributed by atoms with Crippen LogP contribution in [0.15, 0.2) is 30.3 Å². The molecule has 0 heterocycles. The zero-order valence-electron chi connectivity index (χ0n) is 16.1. The number of carbonyl (C=O) groups excluding carboxylic acids is 2. The maximum Gasteiger partial charge on any atom is 0.408 e. The van der Waals surface area contributed by atoms with Crippen LogP contribution < -0.4 is 15.4 Å². The maximum atomic E-state index is 12.6. The third-order valence-electron chi connectivity index (χ3n) is 4.23. The molecule has 0 aromatic heterocycles. The molecule has 1 fully saturated rings. The van der Waals surface area contributed by atoms with Gasteiger partial charge in [0, 0.05) is 0 Å². The number of ether oxygens (including phenoxy) is 2. The van der Waals surface area contributed by atoms with Crippen molar-refractivity contribution in [2.45, 2.75) is 77.2 Å². The molecular weight excluding hydrogens is 332 g/mol. The second kappa shape index (κ2) is 8.92. The number of hydrogen-bond donors (Lipinski definition) is 2.